The average molecular weight is 392 g/mol. The van der Waals surface area contributed by atoms with Crippen molar-refractivity contribution in [2.24, 2.45) is 4.99 Å². The molecule has 1 aromatic carbocycles. The van der Waals surface area contributed by atoms with Crippen LogP contribution in [0.1, 0.15) is 32.3 Å². The monoisotopic (exact) mass is 391 g/mol. The minimum absolute atomic E-state index is 0.0390. The summed E-state index contributed by atoms with van der Waals surface area (Å²) in [7, 11) is 1.79. The Morgan fingerprint density at radius 1 is 1.21 bits per heavy atom. The molecule has 1 aliphatic rings. The van der Waals surface area contributed by atoms with E-state index in [0.717, 1.165) is 70.2 Å². The van der Waals surface area contributed by atoms with Gasteiger partial charge >= 0.3 is 0 Å². The fraction of sp³-hybridized carbons (Fsp3) is 0.650. The van der Waals surface area contributed by atoms with Crippen LogP contribution in [0.25, 0.3) is 0 Å². The van der Waals surface area contributed by atoms with Crippen molar-refractivity contribution in [1.82, 2.24) is 15.5 Å². The van der Waals surface area contributed by atoms with Gasteiger partial charge < -0.3 is 15.4 Å². The van der Waals surface area contributed by atoms with Crippen LogP contribution in [-0.4, -0.2) is 67.8 Å². The molecule has 0 unspecified atom stereocenters. The Morgan fingerprint density at radius 2 is 1.89 bits per heavy atom. The average Bonchev–Trinajstić information content (AvgIpc) is 2.71. The van der Waals surface area contributed by atoms with Gasteiger partial charge in [0.05, 0.1) is 18.1 Å². The van der Waals surface area contributed by atoms with Gasteiger partial charge in [0.25, 0.3) is 5.69 Å². The zero-order valence-corrected chi connectivity index (χ0v) is 17.2. The van der Waals surface area contributed by atoms with Gasteiger partial charge in [-0.3, -0.25) is 20.0 Å². The number of nitro groups is 1. The number of aryl methyl sites for hydroxylation is 1. The highest BCUT2D eigenvalue weighted by atomic mass is 16.6. The third kappa shape index (κ3) is 7.09. The van der Waals surface area contributed by atoms with Gasteiger partial charge in [-0.2, -0.15) is 0 Å². The molecule has 0 bridgehead atoms. The maximum atomic E-state index is 10.7. The Labute approximate surface area is 167 Å². The third-order valence-electron chi connectivity index (χ3n) is 5.11. The predicted octanol–water partition coefficient (Wildman–Crippen LogP) is 2.19. The van der Waals surface area contributed by atoms with Crippen molar-refractivity contribution < 1.29 is 9.66 Å². The van der Waals surface area contributed by atoms with E-state index >= 15 is 0 Å². The van der Waals surface area contributed by atoms with E-state index in [1.807, 2.05) is 12.1 Å². The molecule has 0 atom stereocenters. The number of guanidine groups is 1. The topological polar surface area (TPSA) is 92.0 Å². The number of morpholine rings is 1. The molecule has 156 valence electrons. The molecule has 8 heteroatoms. The molecule has 1 saturated heterocycles. The Morgan fingerprint density at radius 3 is 2.50 bits per heavy atom. The summed E-state index contributed by atoms with van der Waals surface area (Å²) in [5.41, 5.74) is 1.30. The number of nitrogens with one attached hydrogen (secondary N) is 2. The third-order valence-corrected chi connectivity index (χ3v) is 5.11. The van der Waals surface area contributed by atoms with Gasteiger partial charge in [-0.05, 0) is 38.7 Å². The van der Waals surface area contributed by atoms with Crippen molar-refractivity contribution in [3.8, 4) is 0 Å². The van der Waals surface area contributed by atoms with E-state index in [2.05, 4.69) is 34.4 Å². The number of non-ortho nitro benzene ring substituents is 1. The van der Waals surface area contributed by atoms with Crippen LogP contribution < -0.4 is 10.6 Å². The number of unbranched alkanes of at least 4 members (excludes halogenated alkanes) is 1. The van der Waals surface area contributed by atoms with Crippen LogP contribution in [0.2, 0.25) is 0 Å². The first-order valence-electron chi connectivity index (χ1n) is 9.93. The standard InChI is InChI=1S/C20H33N5O3/c1-20(2,24-12-14-28-15-13-24)16-23-19(21-3)22-11-5-4-6-17-7-9-18(10-8-17)25(26)27/h7-10H,4-6,11-16H2,1-3H3,(H2,21,22,23). The zero-order valence-electron chi connectivity index (χ0n) is 17.2. The largest absolute Gasteiger partial charge is 0.379 e. The maximum Gasteiger partial charge on any atom is 0.269 e. The zero-order chi connectivity index (χ0) is 20.4. The number of ether oxygens (including phenoxy) is 1. The minimum atomic E-state index is -0.368. The molecule has 0 saturated carbocycles. The van der Waals surface area contributed by atoms with E-state index < -0.39 is 0 Å². The van der Waals surface area contributed by atoms with Gasteiger partial charge in [0.15, 0.2) is 5.96 Å². The van der Waals surface area contributed by atoms with E-state index in [9.17, 15) is 10.1 Å². The first kappa shape index (κ1) is 22.1. The molecule has 1 aliphatic heterocycles. The maximum absolute atomic E-state index is 10.7. The van der Waals surface area contributed by atoms with Crippen molar-refractivity contribution in [3.05, 3.63) is 39.9 Å². The Hall–Kier alpha value is -2.19. The first-order chi connectivity index (χ1) is 13.4. The molecular formula is C20H33N5O3. The highest BCUT2D eigenvalue weighted by Crippen LogP contribution is 2.15. The SMILES string of the molecule is CN=C(NCCCCc1ccc([N+](=O)[O-])cc1)NCC(C)(C)N1CCOCC1. The molecular weight excluding hydrogens is 358 g/mol. The summed E-state index contributed by atoms with van der Waals surface area (Å²) in [6.45, 7) is 9.65. The summed E-state index contributed by atoms with van der Waals surface area (Å²) in [5, 5.41) is 17.5. The van der Waals surface area contributed by atoms with E-state index in [1.54, 1.807) is 19.2 Å². The van der Waals surface area contributed by atoms with Gasteiger partial charge in [0, 0.05) is 50.9 Å². The van der Waals surface area contributed by atoms with Gasteiger partial charge in [-0.1, -0.05) is 12.1 Å². The Kier molecular flexibility index (Phi) is 8.66. The Bertz CT molecular complexity index is 640. The fourth-order valence-electron chi connectivity index (χ4n) is 3.25. The normalized spacial score (nSPS) is 16.0. The number of benzene rings is 1. The van der Waals surface area contributed by atoms with Gasteiger partial charge in [0.2, 0.25) is 0 Å². The molecule has 1 aromatic rings. The second-order valence-electron chi connectivity index (χ2n) is 7.65. The fourth-order valence-corrected chi connectivity index (χ4v) is 3.25. The lowest BCUT2D eigenvalue weighted by Gasteiger charge is -2.41. The predicted molar refractivity (Wildman–Crippen MR) is 112 cm³/mol. The van der Waals surface area contributed by atoms with E-state index in [1.165, 1.54) is 0 Å². The van der Waals surface area contributed by atoms with Crippen LogP contribution in [0.15, 0.2) is 29.3 Å². The number of hydrogen-bond donors (Lipinski definition) is 2. The van der Waals surface area contributed by atoms with E-state index in [4.69, 9.17) is 4.74 Å². The number of hydrogen-bond acceptors (Lipinski definition) is 5. The van der Waals surface area contributed by atoms with Crippen molar-refractivity contribution in [3.63, 3.8) is 0 Å². The molecule has 1 fully saturated rings. The molecule has 8 nitrogen and oxygen atoms in total. The molecule has 28 heavy (non-hydrogen) atoms. The number of nitro benzene ring substituents is 1. The van der Waals surface area contributed by atoms with Crippen LogP contribution in [-0.2, 0) is 11.2 Å². The quantitative estimate of drug-likeness (QED) is 0.220. The second-order valence-corrected chi connectivity index (χ2v) is 7.65. The second kappa shape index (κ2) is 11.0. The van der Waals surface area contributed by atoms with E-state index in [-0.39, 0.29) is 16.1 Å². The summed E-state index contributed by atoms with van der Waals surface area (Å²) in [6.07, 6.45) is 2.93. The molecule has 1 heterocycles. The van der Waals surface area contributed by atoms with Crippen LogP contribution in [0.3, 0.4) is 0 Å². The summed E-state index contributed by atoms with van der Waals surface area (Å²) in [5.74, 6) is 0.816. The van der Waals surface area contributed by atoms with Crippen molar-refractivity contribution in [1.29, 1.82) is 0 Å². The van der Waals surface area contributed by atoms with Crippen LogP contribution in [0.5, 0.6) is 0 Å². The van der Waals surface area contributed by atoms with Crippen LogP contribution in [0.4, 0.5) is 5.69 Å². The lowest BCUT2D eigenvalue weighted by molar-refractivity contribution is -0.384. The summed E-state index contributed by atoms with van der Waals surface area (Å²) >= 11 is 0. The summed E-state index contributed by atoms with van der Waals surface area (Å²) < 4.78 is 5.44. The number of rotatable bonds is 9. The van der Waals surface area contributed by atoms with Crippen LogP contribution in [0, 0.1) is 10.1 Å². The Balaban J connectivity index is 1.64. The van der Waals surface area contributed by atoms with Gasteiger partial charge in [-0.15, -0.1) is 0 Å². The molecule has 2 rings (SSSR count). The minimum Gasteiger partial charge on any atom is -0.379 e. The lowest BCUT2D eigenvalue weighted by Crippen LogP contribution is -2.56. The number of aliphatic imine (C=N–C) groups is 1. The lowest BCUT2D eigenvalue weighted by atomic mass is 10.0. The van der Waals surface area contributed by atoms with Crippen LogP contribution >= 0.6 is 0 Å². The highest BCUT2D eigenvalue weighted by Gasteiger charge is 2.28. The molecule has 0 spiro atoms. The highest BCUT2D eigenvalue weighted by molar-refractivity contribution is 5.79. The van der Waals surface area contributed by atoms with E-state index in [0.29, 0.717) is 0 Å². The van der Waals surface area contributed by atoms with Crippen molar-refractivity contribution in [2.45, 2.75) is 38.6 Å². The molecule has 0 aliphatic carbocycles. The number of nitrogens with zero attached hydrogens (tertiary/aromatic N) is 3. The molecule has 0 amide bonds. The smallest absolute Gasteiger partial charge is 0.269 e. The van der Waals surface area contributed by atoms with Crippen molar-refractivity contribution >= 4 is 11.6 Å². The summed E-state index contributed by atoms with van der Waals surface area (Å²) in [4.78, 5) is 17.1. The van der Waals surface area contributed by atoms with Gasteiger partial charge in [0.1, 0.15) is 0 Å². The summed E-state index contributed by atoms with van der Waals surface area (Å²) in [6, 6.07) is 6.80. The van der Waals surface area contributed by atoms with Crippen molar-refractivity contribution in [2.75, 3.05) is 46.4 Å². The van der Waals surface area contributed by atoms with Gasteiger partial charge in [-0.25, -0.2) is 0 Å². The molecule has 0 aromatic heterocycles. The first-order valence-corrected chi connectivity index (χ1v) is 9.93. The molecule has 0 radical (unpaired) electrons. The molecule has 2 N–H and O–H groups in total.